The molecular formula is C21H18ClN3O4. The summed E-state index contributed by atoms with van der Waals surface area (Å²) in [6.45, 7) is 0.819. The Morgan fingerprint density at radius 3 is 2.66 bits per heavy atom. The largest absolute Gasteiger partial charge is 0.496 e. The average molecular weight is 412 g/mol. The molecule has 1 saturated heterocycles. The summed E-state index contributed by atoms with van der Waals surface area (Å²) in [6.07, 6.45) is 3.31. The number of anilines is 2. The summed E-state index contributed by atoms with van der Waals surface area (Å²) in [5, 5.41) is 3.25. The van der Waals surface area contributed by atoms with Crippen molar-refractivity contribution >= 4 is 35.0 Å². The quantitative estimate of drug-likeness (QED) is 0.677. The Kier molecular flexibility index (Phi) is 5.14. The number of aromatic nitrogens is 1. The first-order valence-electron chi connectivity index (χ1n) is 8.93. The predicted molar refractivity (Wildman–Crippen MR) is 110 cm³/mol. The Labute approximate surface area is 172 Å². The Morgan fingerprint density at radius 2 is 1.97 bits per heavy atom. The van der Waals surface area contributed by atoms with E-state index in [4.69, 9.17) is 21.1 Å². The number of benzene rings is 2. The fourth-order valence-electron chi connectivity index (χ4n) is 3.16. The first kappa shape index (κ1) is 18.9. The van der Waals surface area contributed by atoms with E-state index in [2.05, 4.69) is 5.32 Å². The monoisotopic (exact) mass is 411 g/mol. The van der Waals surface area contributed by atoms with E-state index >= 15 is 0 Å². The molecule has 0 radical (unpaired) electrons. The van der Waals surface area contributed by atoms with Gasteiger partial charge >= 0.3 is 6.09 Å². The number of carbonyl (C=O) groups is 2. The van der Waals surface area contributed by atoms with Crippen molar-refractivity contribution in [2.24, 2.45) is 0 Å². The molecule has 1 aliphatic rings. The van der Waals surface area contributed by atoms with Crippen molar-refractivity contribution in [2.75, 3.05) is 30.5 Å². The number of carbonyl (C=O) groups excluding carboxylic acids is 2. The third-order valence-corrected chi connectivity index (χ3v) is 4.88. The van der Waals surface area contributed by atoms with Gasteiger partial charge < -0.3 is 19.4 Å². The molecule has 0 atom stereocenters. The Morgan fingerprint density at radius 1 is 1.17 bits per heavy atom. The van der Waals surface area contributed by atoms with Crippen LogP contribution in [0.15, 0.2) is 60.9 Å². The fourth-order valence-corrected chi connectivity index (χ4v) is 3.42. The topological polar surface area (TPSA) is 72.8 Å². The van der Waals surface area contributed by atoms with Gasteiger partial charge in [0, 0.05) is 29.8 Å². The van der Waals surface area contributed by atoms with Crippen molar-refractivity contribution < 1.29 is 19.1 Å². The van der Waals surface area contributed by atoms with Crippen LogP contribution in [0.4, 0.5) is 16.2 Å². The maximum absolute atomic E-state index is 12.9. The van der Waals surface area contributed by atoms with Crippen LogP contribution in [0.1, 0.15) is 10.4 Å². The van der Waals surface area contributed by atoms with Crippen LogP contribution < -0.4 is 15.0 Å². The number of rotatable bonds is 5. The van der Waals surface area contributed by atoms with E-state index in [1.807, 2.05) is 29.1 Å². The van der Waals surface area contributed by atoms with Crippen LogP contribution in [0.5, 0.6) is 5.75 Å². The van der Waals surface area contributed by atoms with E-state index in [0.29, 0.717) is 46.5 Å². The lowest BCUT2D eigenvalue weighted by molar-refractivity contribution is 0.102. The zero-order valence-electron chi connectivity index (χ0n) is 15.6. The zero-order valence-corrected chi connectivity index (χ0v) is 16.3. The highest BCUT2D eigenvalue weighted by Gasteiger charge is 2.24. The van der Waals surface area contributed by atoms with Crippen LogP contribution in [-0.2, 0) is 4.74 Å². The van der Waals surface area contributed by atoms with Gasteiger partial charge in [-0.25, -0.2) is 4.79 Å². The molecule has 29 heavy (non-hydrogen) atoms. The zero-order chi connectivity index (χ0) is 20.4. The molecule has 2 amide bonds. The molecule has 7 nitrogen and oxygen atoms in total. The molecule has 1 fully saturated rings. The minimum absolute atomic E-state index is 0.305. The molecule has 2 heterocycles. The van der Waals surface area contributed by atoms with Crippen molar-refractivity contribution in [2.45, 2.75) is 0 Å². The highest BCUT2D eigenvalue weighted by atomic mass is 35.5. The van der Waals surface area contributed by atoms with Gasteiger partial charge in [-0.15, -0.1) is 0 Å². The van der Waals surface area contributed by atoms with Gasteiger partial charge in [-0.1, -0.05) is 17.7 Å². The van der Waals surface area contributed by atoms with Gasteiger partial charge in [-0.2, -0.15) is 0 Å². The lowest BCUT2D eigenvalue weighted by Gasteiger charge is -2.16. The molecule has 1 aliphatic heterocycles. The molecular weight excluding hydrogens is 394 g/mol. The number of methoxy groups -OCH3 is 1. The number of nitrogens with one attached hydrogen (secondary N) is 1. The van der Waals surface area contributed by atoms with E-state index in [0.717, 1.165) is 0 Å². The Hall–Kier alpha value is -3.45. The van der Waals surface area contributed by atoms with Crippen LogP contribution in [-0.4, -0.2) is 36.8 Å². The summed E-state index contributed by atoms with van der Waals surface area (Å²) < 4.78 is 12.2. The maximum atomic E-state index is 12.9. The van der Waals surface area contributed by atoms with Crippen LogP contribution in [0.2, 0.25) is 5.02 Å². The van der Waals surface area contributed by atoms with E-state index in [-0.39, 0.29) is 5.91 Å². The van der Waals surface area contributed by atoms with Crippen LogP contribution in [0.25, 0.3) is 5.69 Å². The van der Waals surface area contributed by atoms with Gasteiger partial charge in [-0.05, 0) is 36.4 Å². The number of ether oxygens (including phenoxy) is 2. The van der Waals surface area contributed by atoms with Crippen LogP contribution in [0.3, 0.4) is 0 Å². The number of amides is 2. The molecule has 0 unspecified atom stereocenters. The van der Waals surface area contributed by atoms with E-state index in [1.54, 1.807) is 36.4 Å². The van der Waals surface area contributed by atoms with E-state index < -0.39 is 6.09 Å². The molecule has 2 aromatic carbocycles. The molecule has 0 saturated carbocycles. The van der Waals surface area contributed by atoms with Crippen molar-refractivity contribution in [3.05, 3.63) is 71.5 Å². The Bertz CT molecular complexity index is 1070. The van der Waals surface area contributed by atoms with Gasteiger partial charge in [0.1, 0.15) is 12.4 Å². The first-order chi connectivity index (χ1) is 14.1. The second-order valence-electron chi connectivity index (χ2n) is 6.36. The summed E-state index contributed by atoms with van der Waals surface area (Å²) in [5.41, 5.74) is 2.21. The van der Waals surface area contributed by atoms with Gasteiger partial charge in [0.15, 0.2) is 0 Å². The predicted octanol–water partition coefficient (Wildman–Crippen LogP) is 4.35. The van der Waals surface area contributed by atoms with Crippen molar-refractivity contribution in [3.63, 3.8) is 0 Å². The standard InChI is InChI=1S/C21H18ClN3O4/c1-28-19-13-18(24-7-2-3-8-24)17(22)12-16(19)20(26)23-14-5-4-6-15(11-14)25-9-10-29-21(25)27/h2-8,11-13H,9-10H2,1H3,(H,23,26). The lowest BCUT2D eigenvalue weighted by Crippen LogP contribution is -2.23. The van der Waals surface area contributed by atoms with Crippen molar-refractivity contribution in [3.8, 4) is 11.4 Å². The molecule has 1 aromatic heterocycles. The third kappa shape index (κ3) is 3.77. The van der Waals surface area contributed by atoms with Crippen LogP contribution in [0, 0.1) is 0 Å². The highest BCUT2D eigenvalue weighted by molar-refractivity contribution is 6.33. The molecule has 0 bridgehead atoms. The van der Waals surface area contributed by atoms with Crippen molar-refractivity contribution in [1.82, 2.24) is 4.57 Å². The molecule has 0 aliphatic carbocycles. The van der Waals surface area contributed by atoms with Gasteiger partial charge in [-0.3, -0.25) is 9.69 Å². The lowest BCUT2D eigenvalue weighted by atomic mass is 10.1. The highest BCUT2D eigenvalue weighted by Crippen LogP contribution is 2.31. The minimum Gasteiger partial charge on any atom is -0.496 e. The molecule has 148 valence electrons. The number of halogens is 1. The maximum Gasteiger partial charge on any atom is 0.414 e. The average Bonchev–Trinajstić information content (AvgIpc) is 3.39. The molecule has 4 rings (SSSR count). The number of cyclic esters (lactones) is 1. The molecule has 3 aromatic rings. The smallest absolute Gasteiger partial charge is 0.414 e. The van der Waals surface area contributed by atoms with Crippen molar-refractivity contribution in [1.29, 1.82) is 0 Å². The normalized spacial score (nSPS) is 13.3. The second kappa shape index (κ2) is 7.89. The number of hydrogen-bond donors (Lipinski definition) is 1. The van der Waals surface area contributed by atoms with Gasteiger partial charge in [0.05, 0.1) is 29.9 Å². The van der Waals surface area contributed by atoms with Crippen LogP contribution >= 0.6 is 11.6 Å². The third-order valence-electron chi connectivity index (χ3n) is 4.57. The molecule has 0 spiro atoms. The SMILES string of the molecule is COc1cc(-n2cccc2)c(Cl)cc1C(=O)Nc1cccc(N2CCOC2=O)c1. The number of nitrogens with zero attached hydrogens (tertiary/aromatic N) is 2. The Balaban J connectivity index is 1.60. The second-order valence-corrected chi connectivity index (χ2v) is 6.77. The van der Waals surface area contributed by atoms with E-state index in [1.165, 1.54) is 12.0 Å². The summed E-state index contributed by atoms with van der Waals surface area (Å²) in [7, 11) is 1.50. The molecule has 8 heteroatoms. The minimum atomic E-state index is -0.400. The summed E-state index contributed by atoms with van der Waals surface area (Å²) in [6, 6.07) is 14.1. The van der Waals surface area contributed by atoms with Gasteiger partial charge in [0.2, 0.25) is 0 Å². The number of hydrogen-bond acceptors (Lipinski definition) is 4. The summed E-state index contributed by atoms with van der Waals surface area (Å²) >= 11 is 6.41. The fraction of sp³-hybridized carbons (Fsp3) is 0.143. The first-order valence-corrected chi connectivity index (χ1v) is 9.31. The van der Waals surface area contributed by atoms with Gasteiger partial charge in [0.25, 0.3) is 5.91 Å². The summed E-state index contributed by atoms with van der Waals surface area (Å²) in [4.78, 5) is 26.2. The molecule has 1 N–H and O–H groups in total. The summed E-state index contributed by atoms with van der Waals surface area (Å²) in [5.74, 6) is 0.0267. The van der Waals surface area contributed by atoms with E-state index in [9.17, 15) is 9.59 Å².